The Morgan fingerprint density at radius 3 is 1.89 bits per heavy atom. The van der Waals surface area contributed by atoms with Crippen molar-refractivity contribution in [3.63, 3.8) is 0 Å². The molecule has 0 atom stereocenters. The number of esters is 1. The lowest BCUT2D eigenvalue weighted by atomic mass is 10.1. The van der Waals surface area contributed by atoms with Crippen LogP contribution < -0.4 is 0 Å². The monoisotopic (exact) mass is 284 g/mol. The average Bonchev–Trinajstić information content (AvgIpc) is 2.37. The second-order valence-electron chi connectivity index (χ2n) is 3.99. The highest BCUT2D eigenvalue weighted by Gasteiger charge is 1.95. The number of hydrogen-bond acceptors (Lipinski definition) is 3. The third kappa shape index (κ3) is 26.9. The summed E-state index contributed by atoms with van der Waals surface area (Å²) in [6.07, 6.45) is 9.75. The second kappa shape index (κ2) is 19.8. The summed E-state index contributed by atoms with van der Waals surface area (Å²) >= 11 is 0. The van der Waals surface area contributed by atoms with E-state index in [4.69, 9.17) is 5.11 Å². The molecule has 0 saturated carbocycles. The Morgan fingerprint density at radius 2 is 1.58 bits per heavy atom. The first-order chi connectivity index (χ1) is 8.58. The van der Waals surface area contributed by atoms with Crippen molar-refractivity contribution in [2.75, 3.05) is 7.11 Å². The van der Waals surface area contributed by atoms with Crippen LogP contribution >= 0.6 is 0 Å². The van der Waals surface area contributed by atoms with Crippen LogP contribution in [0, 0.1) is 0 Å². The molecule has 0 aliphatic carbocycles. The van der Waals surface area contributed by atoms with Gasteiger partial charge in [-0.3, -0.25) is 4.79 Å². The fraction of sp³-hybridized carbons (Fsp3) is 0.714. The Kier molecular flexibility index (Phi) is 24.5. The third-order valence-electron chi connectivity index (χ3n) is 2.36. The number of ether oxygens (including phenoxy) is 1. The minimum atomic E-state index is -0.663. The maximum Gasteiger partial charge on any atom is 0.329 e. The molecule has 0 aromatic rings. The smallest absolute Gasteiger partial charge is 0.329 e. The topological polar surface area (TPSA) is 63.6 Å². The molecule has 0 aliphatic rings. The van der Waals surface area contributed by atoms with Crippen molar-refractivity contribution in [3.8, 4) is 0 Å². The van der Waals surface area contributed by atoms with E-state index < -0.39 is 11.9 Å². The zero-order valence-corrected chi connectivity index (χ0v) is 11.6. The van der Waals surface area contributed by atoms with Crippen LogP contribution in [0.15, 0.2) is 12.7 Å². The van der Waals surface area contributed by atoms with Gasteiger partial charge in [-0.15, -0.1) is 0 Å². The van der Waals surface area contributed by atoms with Gasteiger partial charge in [0, 0.05) is 12.5 Å². The van der Waals surface area contributed by atoms with Gasteiger partial charge in [-0.2, -0.15) is 0 Å². The van der Waals surface area contributed by atoms with Gasteiger partial charge in [-0.05, 0) is 6.42 Å². The summed E-state index contributed by atoms with van der Waals surface area (Å²) in [6, 6.07) is 0. The van der Waals surface area contributed by atoms with Gasteiger partial charge in [0.25, 0.3) is 0 Å². The number of unbranched alkanes of at least 4 members (excludes halogenated alkanes) is 6. The van der Waals surface area contributed by atoms with Crippen molar-refractivity contribution >= 4 is 35.0 Å². The zero-order valence-electron chi connectivity index (χ0n) is 11.6. The Hall–Kier alpha value is -0.554. The molecule has 0 heterocycles. The number of rotatable bonds is 9. The molecule has 0 aromatic heterocycles. The molecule has 0 aromatic carbocycles. The predicted octanol–water partition coefficient (Wildman–Crippen LogP) is 2.64. The summed E-state index contributed by atoms with van der Waals surface area (Å²) in [7, 11) is 1.31. The predicted molar refractivity (Wildman–Crippen MR) is 81.0 cm³/mol. The largest absolute Gasteiger partial charge is 0.481 e. The van der Waals surface area contributed by atoms with Crippen LogP contribution in [0.1, 0.15) is 58.3 Å². The maximum absolute atomic E-state index is 10.1. The fourth-order valence-electron chi connectivity index (χ4n) is 1.32. The van der Waals surface area contributed by atoms with Crippen LogP contribution in [0.4, 0.5) is 0 Å². The minimum absolute atomic E-state index is 0. The molecule has 19 heavy (non-hydrogen) atoms. The van der Waals surface area contributed by atoms with Crippen molar-refractivity contribution in [1.29, 1.82) is 0 Å². The van der Waals surface area contributed by atoms with Gasteiger partial charge in [-0.25, -0.2) is 4.79 Å². The summed E-state index contributed by atoms with van der Waals surface area (Å²) in [5, 5.41) is 8.35. The molecular formula is C14H28MgO4. The molecule has 4 nitrogen and oxygen atoms in total. The number of methoxy groups -OCH3 is 1. The highest BCUT2D eigenvalue weighted by atomic mass is 24.3. The van der Waals surface area contributed by atoms with Crippen molar-refractivity contribution in [3.05, 3.63) is 12.7 Å². The van der Waals surface area contributed by atoms with Gasteiger partial charge >= 0.3 is 35.0 Å². The van der Waals surface area contributed by atoms with Crippen LogP contribution in [0.2, 0.25) is 0 Å². The Morgan fingerprint density at radius 1 is 1.11 bits per heavy atom. The van der Waals surface area contributed by atoms with Crippen molar-refractivity contribution < 1.29 is 19.4 Å². The first-order valence-electron chi connectivity index (χ1n) is 6.50. The van der Waals surface area contributed by atoms with Crippen LogP contribution in [0.3, 0.4) is 0 Å². The summed E-state index contributed by atoms with van der Waals surface area (Å²) in [5.74, 6) is -1.06. The molecule has 110 valence electrons. The van der Waals surface area contributed by atoms with Crippen molar-refractivity contribution in [2.45, 2.75) is 58.3 Å². The van der Waals surface area contributed by atoms with Gasteiger partial charge in [-0.1, -0.05) is 52.0 Å². The number of carbonyl (C=O) groups excluding carboxylic acids is 1. The molecule has 0 spiro atoms. The lowest BCUT2D eigenvalue weighted by Crippen LogP contribution is -1.93. The minimum Gasteiger partial charge on any atom is -0.481 e. The molecule has 0 bridgehead atoms. The molecule has 0 aliphatic heterocycles. The Bertz CT molecular complexity index is 229. The first kappa shape index (κ1) is 23.5. The average molecular weight is 285 g/mol. The number of aliphatic carboxylic acids is 1. The molecule has 0 unspecified atom stereocenters. The van der Waals surface area contributed by atoms with Crippen LogP contribution in [0.25, 0.3) is 0 Å². The summed E-state index contributed by atoms with van der Waals surface area (Å²) < 4.78 is 4.14. The SMILES string of the molecule is C=CC(=O)OC.CCCCCCCCCC(=O)O.[MgH2]. The first-order valence-corrected chi connectivity index (χ1v) is 6.50. The van der Waals surface area contributed by atoms with E-state index in [2.05, 4.69) is 18.2 Å². The molecule has 0 radical (unpaired) electrons. The Labute approximate surface area is 132 Å². The fourth-order valence-corrected chi connectivity index (χ4v) is 1.32. The number of carbonyl (C=O) groups is 2. The lowest BCUT2D eigenvalue weighted by Gasteiger charge is -1.98. The van der Waals surface area contributed by atoms with E-state index in [1.54, 1.807) is 0 Å². The molecular weight excluding hydrogens is 256 g/mol. The van der Waals surface area contributed by atoms with E-state index in [-0.39, 0.29) is 23.1 Å². The van der Waals surface area contributed by atoms with E-state index in [9.17, 15) is 9.59 Å². The summed E-state index contributed by atoms with van der Waals surface area (Å²) in [5.41, 5.74) is 0. The van der Waals surface area contributed by atoms with Crippen LogP contribution in [-0.4, -0.2) is 47.2 Å². The maximum atomic E-state index is 10.1. The molecule has 5 heteroatoms. The normalized spacial score (nSPS) is 8.53. The third-order valence-corrected chi connectivity index (χ3v) is 2.36. The van der Waals surface area contributed by atoms with Gasteiger partial charge in [0.15, 0.2) is 0 Å². The molecule has 1 N–H and O–H groups in total. The Balaban J connectivity index is -0.000000313. The van der Waals surface area contributed by atoms with Gasteiger partial charge < -0.3 is 9.84 Å². The number of carboxylic acids is 1. The second-order valence-corrected chi connectivity index (χ2v) is 3.99. The van der Waals surface area contributed by atoms with E-state index in [0.717, 1.165) is 18.9 Å². The number of carboxylic acid groups (broad SMARTS) is 1. The van der Waals surface area contributed by atoms with Gasteiger partial charge in [0.05, 0.1) is 7.11 Å². The quantitative estimate of drug-likeness (QED) is 0.306. The molecule has 0 rings (SSSR count). The van der Waals surface area contributed by atoms with E-state index in [1.165, 1.54) is 39.2 Å². The van der Waals surface area contributed by atoms with Crippen molar-refractivity contribution in [2.24, 2.45) is 0 Å². The highest BCUT2D eigenvalue weighted by Crippen LogP contribution is 2.07. The summed E-state index contributed by atoms with van der Waals surface area (Å²) in [4.78, 5) is 20.0. The summed E-state index contributed by atoms with van der Waals surface area (Å²) in [6.45, 7) is 5.36. The van der Waals surface area contributed by atoms with E-state index in [0.29, 0.717) is 6.42 Å². The molecule has 0 fully saturated rings. The van der Waals surface area contributed by atoms with Crippen molar-refractivity contribution in [1.82, 2.24) is 0 Å². The standard InChI is InChI=1S/C10H20O2.C4H6O2.Mg.2H/c1-2-3-4-5-6-7-8-9-10(11)12;1-3-4(5)6-2;;;/h2-9H2,1H3,(H,11,12);3H,1H2,2H3;;;. The zero-order chi connectivity index (χ0) is 14.2. The van der Waals surface area contributed by atoms with Crippen LogP contribution in [0.5, 0.6) is 0 Å². The van der Waals surface area contributed by atoms with E-state index in [1.807, 2.05) is 0 Å². The van der Waals surface area contributed by atoms with Gasteiger partial charge in [0.1, 0.15) is 0 Å². The molecule has 0 amide bonds. The molecule has 0 saturated heterocycles. The van der Waals surface area contributed by atoms with E-state index >= 15 is 0 Å². The van der Waals surface area contributed by atoms with Gasteiger partial charge in [0.2, 0.25) is 0 Å². The highest BCUT2D eigenvalue weighted by molar-refractivity contribution is 5.80. The number of hydrogen-bond donors (Lipinski definition) is 1. The van der Waals surface area contributed by atoms with Crippen LogP contribution in [-0.2, 0) is 14.3 Å². The lowest BCUT2D eigenvalue weighted by molar-refractivity contribution is -0.137.